The van der Waals surface area contributed by atoms with Crippen LogP contribution in [-0.4, -0.2) is 33.3 Å². The lowest BCUT2D eigenvalue weighted by atomic mass is 10.1. The fourth-order valence-electron chi connectivity index (χ4n) is 3.57. The van der Waals surface area contributed by atoms with E-state index in [1.165, 1.54) is 34.0 Å². The number of aromatic nitrogens is 4. The zero-order chi connectivity index (χ0) is 22.6. The Morgan fingerprint density at radius 3 is 2.79 bits per heavy atom. The summed E-state index contributed by atoms with van der Waals surface area (Å²) in [7, 11) is 0. The fraction of sp³-hybridized carbons (Fsp3) is 0.167. The topological polar surface area (TPSA) is 106 Å². The summed E-state index contributed by atoms with van der Waals surface area (Å²) in [5, 5.41) is 9.65. The highest BCUT2D eigenvalue weighted by atomic mass is 32.1. The van der Waals surface area contributed by atoms with Crippen molar-refractivity contribution in [2.24, 2.45) is 0 Å². The number of nitrogens with zero attached hydrogens (tertiary/aromatic N) is 3. The number of thiophene rings is 1. The Kier molecular flexibility index (Phi) is 5.86. The summed E-state index contributed by atoms with van der Waals surface area (Å²) in [5.74, 6) is 1.08. The Bertz CT molecular complexity index is 1460. The van der Waals surface area contributed by atoms with Crippen molar-refractivity contribution in [3.05, 3.63) is 77.0 Å². The number of ether oxygens (including phenoxy) is 1. The van der Waals surface area contributed by atoms with Crippen LogP contribution in [0.5, 0.6) is 5.75 Å². The summed E-state index contributed by atoms with van der Waals surface area (Å²) >= 11 is 1.41. The minimum atomic E-state index is -0.609. The number of hydrogen-bond acceptors (Lipinski definition) is 8. The third-order valence-corrected chi connectivity index (χ3v) is 6.25. The zero-order valence-electron chi connectivity index (χ0n) is 17.9. The molecule has 0 spiro atoms. The second-order valence-corrected chi connectivity index (χ2v) is 8.38. The summed E-state index contributed by atoms with van der Waals surface area (Å²) in [4.78, 5) is 24.3. The van der Waals surface area contributed by atoms with Crippen LogP contribution in [0.3, 0.4) is 0 Å². The number of H-pyrrole nitrogens is 1. The molecule has 5 aromatic rings. The summed E-state index contributed by atoms with van der Waals surface area (Å²) in [6.07, 6.45) is 2.41. The zero-order valence-corrected chi connectivity index (χ0v) is 18.7. The summed E-state index contributed by atoms with van der Waals surface area (Å²) in [6.45, 7) is 3.13. The first-order valence-electron chi connectivity index (χ1n) is 10.6. The number of nitrogens with one attached hydrogen (secondary N) is 2. The molecule has 0 radical (unpaired) electrons. The number of fused-ring (bicyclic) bond motifs is 1. The van der Waals surface area contributed by atoms with Crippen molar-refractivity contribution in [3.63, 3.8) is 0 Å². The molecule has 0 saturated carbocycles. The van der Waals surface area contributed by atoms with Crippen LogP contribution in [0.25, 0.3) is 32.0 Å². The molecule has 0 atom stereocenters. The molecular formula is C24H21N5O3S. The average molecular weight is 460 g/mol. The van der Waals surface area contributed by atoms with Crippen molar-refractivity contribution < 1.29 is 9.26 Å². The molecule has 0 bridgehead atoms. The Labute approximate surface area is 193 Å². The summed E-state index contributed by atoms with van der Waals surface area (Å²) in [5.41, 5.74) is 2.02. The molecule has 9 heteroatoms. The van der Waals surface area contributed by atoms with E-state index in [0.29, 0.717) is 23.1 Å². The fourth-order valence-corrected chi connectivity index (χ4v) is 4.58. The minimum Gasteiger partial charge on any atom is -0.492 e. The predicted molar refractivity (Wildman–Crippen MR) is 129 cm³/mol. The van der Waals surface area contributed by atoms with E-state index in [1.54, 1.807) is 0 Å². The number of hydrogen-bond donors (Lipinski definition) is 2. The lowest BCUT2D eigenvalue weighted by molar-refractivity contribution is 0.342. The van der Waals surface area contributed by atoms with Gasteiger partial charge in [-0.2, -0.15) is 0 Å². The molecule has 3 heterocycles. The smallest absolute Gasteiger partial charge is 0.439 e. The lowest BCUT2D eigenvalue weighted by Gasteiger charge is -2.07. The van der Waals surface area contributed by atoms with Gasteiger partial charge in [0.25, 0.3) is 0 Å². The van der Waals surface area contributed by atoms with E-state index in [-0.39, 0.29) is 0 Å². The molecule has 166 valence electrons. The summed E-state index contributed by atoms with van der Waals surface area (Å²) in [6, 6.07) is 18.7. The Hall–Kier alpha value is -3.98. The Morgan fingerprint density at radius 1 is 1.09 bits per heavy atom. The molecule has 33 heavy (non-hydrogen) atoms. The quantitative estimate of drug-likeness (QED) is 0.345. The van der Waals surface area contributed by atoms with Crippen molar-refractivity contribution >= 4 is 27.9 Å². The van der Waals surface area contributed by atoms with Gasteiger partial charge in [0, 0.05) is 18.7 Å². The molecule has 0 saturated heterocycles. The molecule has 0 aliphatic carbocycles. The van der Waals surface area contributed by atoms with E-state index < -0.39 is 5.76 Å². The standard InChI is InChI=1S/C24H21N5O3S/c1-2-31-19-13-20(33-22(19)23-28-24(30)32-29-23)18-12-21(27-14-26-18)25-10-9-15-7-8-16-5-3-4-6-17(16)11-15/h3-8,11-14H,2,9-10H2,1H3,(H,25,26,27)(H,28,29,30). The van der Waals surface area contributed by atoms with E-state index >= 15 is 0 Å². The van der Waals surface area contributed by atoms with Gasteiger partial charge >= 0.3 is 5.76 Å². The first-order valence-corrected chi connectivity index (χ1v) is 11.4. The van der Waals surface area contributed by atoms with Crippen molar-refractivity contribution in [2.75, 3.05) is 18.5 Å². The molecule has 8 nitrogen and oxygen atoms in total. The maximum atomic E-state index is 11.4. The molecule has 0 aliphatic heterocycles. The molecule has 0 unspecified atom stereocenters. The van der Waals surface area contributed by atoms with Crippen LogP contribution < -0.4 is 15.8 Å². The molecule has 0 aliphatic rings. The largest absolute Gasteiger partial charge is 0.492 e. The van der Waals surface area contributed by atoms with Crippen LogP contribution >= 0.6 is 11.3 Å². The molecular weight excluding hydrogens is 438 g/mol. The SMILES string of the molecule is CCOc1cc(-c2cc(NCCc3ccc4ccccc4c3)ncn2)sc1-c1noc(=O)[nH]1. The van der Waals surface area contributed by atoms with Crippen LogP contribution in [0.1, 0.15) is 12.5 Å². The van der Waals surface area contributed by atoms with Gasteiger partial charge in [0.2, 0.25) is 0 Å². The maximum Gasteiger partial charge on any atom is 0.439 e. The highest BCUT2D eigenvalue weighted by Crippen LogP contribution is 2.41. The third-order valence-electron chi connectivity index (χ3n) is 5.11. The van der Waals surface area contributed by atoms with Gasteiger partial charge in [-0.05, 0) is 29.7 Å². The number of anilines is 1. The normalized spacial score (nSPS) is 11.1. The van der Waals surface area contributed by atoms with Crippen LogP contribution in [0.15, 0.2) is 70.2 Å². The second-order valence-electron chi connectivity index (χ2n) is 7.33. The van der Waals surface area contributed by atoms with E-state index in [2.05, 4.69) is 72.4 Å². The van der Waals surface area contributed by atoms with Gasteiger partial charge in [-0.3, -0.25) is 9.51 Å². The second kappa shape index (κ2) is 9.25. The van der Waals surface area contributed by atoms with Crippen LogP contribution in [0.2, 0.25) is 0 Å². The van der Waals surface area contributed by atoms with Crippen LogP contribution in [0.4, 0.5) is 5.82 Å². The third kappa shape index (κ3) is 4.63. The van der Waals surface area contributed by atoms with Gasteiger partial charge in [0.05, 0.1) is 17.2 Å². The molecule has 0 amide bonds. The number of aromatic amines is 1. The monoisotopic (exact) mass is 459 g/mol. The highest BCUT2D eigenvalue weighted by Gasteiger charge is 2.18. The lowest BCUT2D eigenvalue weighted by Crippen LogP contribution is -2.06. The highest BCUT2D eigenvalue weighted by molar-refractivity contribution is 7.19. The van der Waals surface area contributed by atoms with Crippen molar-refractivity contribution in [1.29, 1.82) is 0 Å². The van der Waals surface area contributed by atoms with Crippen molar-refractivity contribution in [3.8, 4) is 27.0 Å². The molecule has 5 rings (SSSR count). The average Bonchev–Trinajstić information content (AvgIpc) is 3.46. The molecule has 2 N–H and O–H groups in total. The van der Waals surface area contributed by atoms with Crippen molar-refractivity contribution in [1.82, 2.24) is 20.1 Å². The van der Waals surface area contributed by atoms with Gasteiger partial charge in [-0.25, -0.2) is 14.8 Å². The van der Waals surface area contributed by atoms with E-state index in [9.17, 15) is 4.79 Å². The first kappa shape index (κ1) is 20.9. The Morgan fingerprint density at radius 2 is 1.97 bits per heavy atom. The van der Waals surface area contributed by atoms with E-state index in [0.717, 1.165) is 29.4 Å². The van der Waals surface area contributed by atoms with Gasteiger partial charge in [-0.15, -0.1) is 11.3 Å². The number of rotatable bonds is 8. The molecule has 2 aromatic carbocycles. The Balaban J connectivity index is 1.32. The summed E-state index contributed by atoms with van der Waals surface area (Å²) < 4.78 is 10.4. The van der Waals surface area contributed by atoms with Crippen LogP contribution in [0, 0.1) is 0 Å². The minimum absolute atomic E-state index is 0.336. The molecule has 0 fully saturated rings. The van der Waals surface area contributed by atoms with Gasteiger partial charge < -0.3 is 10.1 Å². The van der Waals surface area contributed by atoms with Gasteiger partial charge in [-0.1, -0.05) is 47.6 Å². The van der Waals surface area contributed by atoms with Gasteiger partial charge in [0.1, 0.15) is 22.8 Å². The maximum absolute atomic E-state index is 11.4. The van der Waals surface area contributed by atoms with E-state index in [1.807, 2.05) is 19.1 Å². The van der Waals surface area contributed by atoms with Gasteiger partial charge in [0.15, 0.2) is 5.82 Å². The predicted octanol–water partition coefficient (Wildman–Crippen LogP) is 4.75. The molecule has 3 aromatic heterocycles. The first-order chi connectivity index (χ1) is 16.2. The van der Waals surface area contributed by atoms with E-state index in [4.69, 9.17) is 4.74 Å². The van der Waals surface area contributed by atoms with Crippen LogP contribution in [-0.2, 0) is 6.42 Å². The number of benzene rings is 2. The van der Waals surface area contributed by atoms with Crippen molar-refractivity contribution in [2.45, 2.75) is 13.3 Å².